The molecule has 132 valence electrons. The van der Waals surface area contributed by atoms with E-state index in [1.807, 2.05) is 4.90 Å². The Bertz CT molecular complexity index is 595. The van der Waals surface area contributed by atoms with Crippen molar-refractivity contribution in [2.75, 3.05) is 19.7 Å². The van der Waals surface area contributed by atoms with Crippen molar-refractivity contribution in [3.05, 3.63) is 28.4 Å². The van der Waals surface area contributed by atoms with E-state index in [0.29, 0.717) is 38.5 Å². The van der Waals surface area contributed by atoms with Gasteiger partial charge in [0.05, 0.1) is 19.0 Å². The van der Waals surface area contributed by atoms with Gasteiger partial charge in [-0.3, -0.25) is 9.59 Å². The lowest BCUT2D eigenvalue weighted by molar-refractivity contribution is -0.140. The van der Waals surface area contributed by atoms with Crippen molar-refractivity contribution in [2.45, 2.75) is 57.5 Å². The fourth-order valence-electron chi connectivity index (χ4n) is 3.74. The molecule has 0 spiro atoms. The molecule has 1 saturated carbocycles. The molecule has 2 fully saturated rings. The number of H-pyrrole nitrogens is 1. The lowest BCUT2D eigenvalue weighted by Crippen LogP contribution is -2.46. The van der Waals surface area contributed by atoms with Crippen LogP contribution in [0, 0.1) is 5.92 Å². The summed E-state index contributed by atoms with van der Waals surface area (Å²) in [7, 11) is 0. The normalized spacial score (nSPS) is 22.5. The van der Waals surface area contributed by atoms with Crippen LogP contribution in [0.1, 0.15) is 50.6 Å². The topological polar surface area (TPSA) is 75.3 Å². The van der Waals surface area contributed by atoms with Gasteiger partial charge in [-0.25, -0.2) is 4.98 Å². The molecule has 3 rings (SSSR count). The number of amides is 1. The van der Waals surface area contributed by atoms with Crippen molar-refractivity contribution in [3.63, 3.8) is 0 Å². The number of morpholine rings is 1. The van der Waals surface area contributed by atoms with Crippen LogP contribution in [0.15, 0.2) is 17.2 Å². The van der Waals surface area contributed by atoms with Gasteiger partial charge in [0.2, 0.25) is 5.91 Å². The molecule has 2 heterocycles. The maximum atomic E-state index is 12.5. The fourth-order valence-corrected chi connectivity index (χ4v) is 3.74. The maximum absolute atomic E-state index is 12.5. The summed E-state index contributed by atoms with van der Waals surface area (Å²) in [5, 5.41) is 0. The molecule has 1 aliphatic heterocycles. The predicted molar refractivity (Wildman–Crippen MR) is 90.7 cm³/mol. The van der Waals surface area contributed by atoms with Crippen molar-refractivity contribution in [3.8, 4) is 0 Å². The van der Waals surface area contributed by atoms with Gasteiger partial charge in [-0.15, -0.1) is 0 Å². The molecule has 0 bridgehead atoms. The van der Waals surface area contributed by atoms with E-state index in [1.165, 1.54) is 44.5 Å². The molecule has 1 aliphatic carbocycles. The molecule has 1 saturated heterocycles. The molecular weight excluding hydrogens is 306 g/mol. The minimum absolute atomic E-state index is 0.0372. The van der Waals surface area contributed by atoms with Gasteiger partial charge in [-0.05, 0) is 31.6 Å². The van der Waals surface area contributed by atoms with Crippen LogP contribution in [0.4, 0.5) is 0 Å². The van der Waals surface area contributed by atoms with Crippen LogP contribution < -0.4 is 5.56 Å². The molecule has 0 radical (unpaired) electrons. The number of hydrogen-bond acceptors (Lipinski definition) is 4. The highest BCUT2D eigenvalue weighted by Crippen LogP contribution is 2.27. The standard InChI is InChI=1S/C18H27N3O3/c22-17-11-15(19-13-20-17)6-7-16-12-21(8-9-24-16)18(23)10-14-4-2-1-3-5-14/h11,13-14,16H,1-10,12H2,(H,19,20,22). The number of ether oxygens (including phenoxy) is 1. The predicted octanol–water partition coefficient (Wildman–Crippen LogP) is 1.90. The molecule has 1 aromatic heterocycles. The Hall–Kier alpha value is -1.69. The summed E-state index contributed by atoms with van der Waals surface area (Å²) >= 11 is 0. The van der Waals surface area contributed by atoms with E-state index in [9.17, 15) is 9.59 Å². The van der Waals surface area contributed by atoms with E-state index in [0.717, 1.165) is 12.1 Å². The SMILES string of the molecule is O=C(CC1CCCCC1)N1CCOC(CCc2cc(=O)[nH]cn2)C1. The highest BCUT2D eigenvalue weighted by molar-refractivity contribution is 5.76. The summed E-state index contributed by atoms with van der Waals surface area (Å²) < 4.78 is 5.79. The number of aryl methyl sites for hydroxylation is 1. The summed E-state index contributed by atoms with van der Waals surface area (Å²) in [5.41, 5.74) is 0.641. The lowest BCUT2D eigenvalue weighted by Gasteiger charge is -2.34. The third-order valence-corrected chi connectivity index (χ3v) is 5.14. The van der Waals surface area contributed by atoms with Gasteiger partial charge in [0.1, 0.15) is 0 Å². The quantitative estimate of drug-likeness (QED) is 0.893. The Balaban J connectivity index is 1.46. The zero-order valence-corrected chi connectivity index (χ0v) is 14.2. The number of carbonyl (C=O) groups excluding carboxylic acids is 1. The Kier molecular flexibility index (Phi) is 6.01. The van der Waals surface area contributed by atoms with Crippen LogP contribution in [0.3, 0.4) is 0 Å². The van der Waals surface area contributed by atoms with Crippen LogP contribution in [-0.2, 0) is 16.0 Å². The van der Waals surface area contributed by atoms with Crippen molar-refractivity contribution in [1.82, 2.24) is 14.9 Å². The first kappa shape index (κ1) is 17.1. The first-order valence-corrected chi connectivity index (χ1v) is 9.13. The van der Waals surface area contributed by atoms with Crippen LogP contribution in [0.2, 0.25) is 0 Å². The molecule has 1 N–H and O–H groups in total. The maximum Gasteiger partial charge on any atom is 0.250 e. The largest absolute Gasteiger partial charge is 0.375 e. The molecule has 1 aromatic rings. The lowest BCUT2D eigenvalue weighted by atomic mass is 9.86. The summed E-state index contributed by atoms with van der Waals surface area (Å²) in [6, 6.07) is 1.52. The highest BCUT2D eigenvalue weighted by Gasteiger charge is 2.26. The van der Waals surface area contributed by atoms with E-state index in [1.54, 1.807) is 0 Å². The number of nitrogens with zero attached hydrogens (tertiary/aromatic N) is 2. The van der Waals surface area contributed by atoms with E-state index < -0.39 is 0 Å². The summed E-state index contributed by atoms with van der Waals surface area (Å²) in [6.45, 7) is 1.96. The second-order valence-electron chi connectivity index (χ2n) is 6.98. The smallest absolute Gasteiger partial charge is 0.250 e. The molecule has 1 atom stereocenters. The van der Waals surface area contributed by atoms with Crippen molar-refractivity contribution in [1.29, 1.82) is 0 Å². The van der Waals surface area contributed by atoms with Gasteiger partial charge in [-0.1, -0.05) is 19.3 Å². The Morgan fingerprint density at radius 1 is 1.33 bits per heavy atom. The third kappa shape index (κ3) is 4.90. The number of carbonyl (C=O) groups is 1. The minimum Gasteiger partial charge on any atom is -0.375 e. The van der Waals surface area contributed by atoms with Crippen LogP contribution in [-0.4, -0.2) is 46.6 Å². The first-order chi connectivity index (χ1) is 11.7. The van der Waals surface area contributed by atoms with Crippen molar-refractivity contribution in [2.24, 2.45) is 5.92 Å². The van der Waals surface area contributed by atoms with Gasteiger partial charge >= 0.3 is 0 Å². The van der Waals surface area contributed by atoms with Gasteiger partial charge in [0.25, 0.3) is 5.56 Å². The van der Waals surface area contributed by atoms with E-state index in [2.05, 4.69) is 9.97 Å². The average molecular weight is 333 g/mol. The van der Waals surface area contributed by atoms with Crippen LogP contribution in [0.25, 0.3) is 0 Å². The summed E-state index contributed by atoms with van der Waals surface area (Å²) in [4.78, 5) is 32.5. The van der Waals surface area contributed by atoms with Gasteiger partial charge in [0.15, 0.2) is 0 Å². The molecule has 6 nitrogen and oxygen atoms in total. The van der Waals surface area contributed by atoms with Gasteiger partial charge in [0, 0.05) is 31.3 Å². The average Bonchev–Trinajstić information content (AvgIpc) is 2.61. The van der Waals surface area contributed by atoms with Crippen LogP contribution >= 0.6 is 0 Å². The second-order valence-corrected chi connectivity index (χ2v) is 6.98. The summed E-state index contributed by atoms with van der Waals surface area (Å²) in [6.07, 6.45) is 9.90. The summed E-state index contributed by atoms with van der Waals surface area (Å²) in [5.74, 6) is 0.859. The zero-order chi connectivity index (χ0) is 16.8. The molecule has 2 aliphatic rings. The second kappa shape index (κ2) is 8.42. The number of hydrogen-bond donors (Lipinski definition) is 1. The number of aromatic amines is 1. The monoisotopic (exact) mass is 333 g/mol. The van der Waals surface area contributed by atoms with Crippen LogP contribution in [0.5, 0.6) is 0 Å². The Morgan fingerprint density at radius 2 is 2.17 bits per heavy atom. The van der Waals surface area contributed by atoms with Crippen molar-refractivity contribution >= 4 is 5.91 Å². The molecule has 6 heteroatoms. The molecular formula is C18H27N3O3. The van der Waals surface area contributed by atoms with Crippen molar-refractivity contribution < 1.29 is 9.53 Å². The van der Waals surface area contributed by atoms with Gasteiger partial charge in [-0.2, -0.15) is 0 Å². The van der Waals surface area contributed by atoms with E-state index in [4.69, 9.17) is 4.74 Å². The Morgan fingerprint density at radius 3 is 2.96 bits per heavy atom. The third-order valence-electron chi connectivity index (χ3n) is 5.14. The molecule has 24 heavy (non-hydrogen) atoms. The van der Waals surface area contributed by atoms with E-state index >= 15 is 0 Å². The number of rotatable bonds is 5. The molecule has 1 unspecified atom stereocenters. The zero-order valence-electron chi connectivity index (χ0n) is 14.2. The molecule has 1 amide bonds. The first-order valence-electron chi connectivity index (χ1n) is 9.13. The number of nitrogens with one attached hydrogen (secondary N) is 1. The molecule has 0 aromatic carbocycles. The highest BCUT2D eigenvalue weighted by atomic mass is 16.5. The number of aromatic nitrogens is 2. The Labute approximate surface area is 142 Å². The van der Waals surface area contributed by atoms with Gasteiger partial charge < -0.3 is 14.6 Å². The van der Waals surface area contributed by atoms with E-state index in [-0.39, 0.29) is 17.6 Å². The minimum atomic E-state index is -0.131. The fraction of sp³-hybridized carbons (Fsp3) is 0.722.